The van der Waals surface area contributed by atoms with Crippen LogP contribution in [0.4, 0.5) is 5.13 Å². The lowest BCUT2D eigenvalue weighted by atomic mass is 9.99. The molecule has 6 heteroatoms. The van der Waals surface area contributed by atoms with Crippen LogP contribution >= 0.6 is 11.3 Å². The van der Waals surface area contributed by atoms with E-state index in [1.165, 1.54) is 10.4 Å². The summed E-state index contributed by atoms with van der Waals surface area (Å²) in [4.78, 5) is 18.7. The maximum absolute atomic E-state index is 12.4. The maximum Gasteiger partial charge on any atom is 0.343 e. The first-order chi connectivity index (χ1) is 19.2. The van der Waals surface area contributed by atoms with Crippen LogP contribution in [0.2, 0.25) is 0 Å². The van der Waals surface area contributed by atoms with E-state index in [1.54, 1.807) is 23.5 Å². The molecule has 0 radical (unpaired) electrons. The predicted octanol–water partition coefficient (Wildman–Crippen LogP) is 7.95. The van der Waals surface area contributed by atoms with E-state index in [0.717, 1.165) is 40.5 Å². The molecule has 2 heterocycles. The Kier molecular flexibility index (Phi) is 7.02. The van der Waals surface area contributed by atoms with E-state index in [9.17, 15) is 4.79 Å². The van der Waals surface area contributed by atoms with Crippen molar-refractivity contribution in [1.82, 2.24) is 4.98 Å². The fraction of sp³-hybridized carbons (Fsp3) is 0.121. The molecule has 39 heavy (non-hydrogen) atoms. The van der Waals surface area contributed by atoms with Crippen molar-refractivity contribution >= 4 is 28.1 Å². The van der Waals surface area contributed by atoms with E-state index >= 15 is 0 Å². The van der Waals surface area contributed by atoms with Gasteiger partial charge in [0.1, 0.15) is 5.75 Å². The fourth-order valence-electron chi connectivity index (χ4n) is 4.75. The summed E-state index contributed by atoms with van der Waals surface area (Å²) in [5, 5.41) is 8.05. The van der Waals surface area contributed by atoms with Gasteiger partial charge >= 0.3 is 5.97 Å². The van der Waals surface area contributed by atoms with Gasteiger partial charge in [-0.3, -0.25) is 0 Å². The van der Waals surface area contributed by atoms with E-state index in [0.29, 0.717) is 11.3 Å². The number of aryl methyl sites for hydroxylation is 1. The smallest absolute Gasteiger partial charge is 0.343 e. The first-order valence-corrected chi connectivity index (χ1v) is 13.9. The molecular formula is C33H27N3O2S. The minimum absolute atomic E-state index is 0.0740. The number of aromatic nitrogens is 1. The molecule has 5 aromatic rings. The molecular weight excluding hydrogens is 502 g/mol. The Balaban J connectivity index is 1.30. The molecule has 192 valence electrons. The molecule has 0 fully saturated rings. The molecule has 1 aromatic heterocycles. The van der Waals surface area contributed by atoms with Crippen LogP contribution < -0.4 is 9.75 Å². The highest BCUT2D eigenvalue weighted by molar-refractivity contribution is 7.16. The van der Waals surface area contributed by atoms with Crippen LogP contribution in [0.1, 0.15) is 45.7 Å². The zero-order chi connectivity index (χ0) is 26.6. The number of hydrogen-bond donors (Lipinski definition) is 0. The second-order valence-corrected chi connectivity index (χ2v) is 10.4. The van der Waals surface area contributed by atoms with Gasteiger partial charge in [0, 0.05) is 16.9 Å². The Bertz CT molecular complexity index is 1600. The van der Waals surface area contributed by atoms with Gasteiger partial charge in [-0.15, -0.1) is 0 Å². The highest BCUT2D eigenvalue weighted by Crippen LogP contribution is 2.41. The number of nitrogens with zero attached hydrogens (tertiary/aromatic N) is 3. The second kappa shape index (κ2) is 11.1. The third-order valence-corrected chi connectivity index (χ3v) is 7.94. The van der Waals surface area contributed by atoms with E-state index in [1.807, 2.05) is 54.6 Å². The topological polar surface area (TPSA) is 54.8 Å². The number of rotatable bonds is 7. The maximum atomic E-state index is 12.4. The standard InChI is InChI=1S/C33H27N3O2S/c1-2-30-31(25-18-20-27(21-19-25)38-32(37)26-16-10-5-11-17-26)34-33(39-30)36-29(24-14-8-4-9-15-24)22-28(35-36)23-12-6-3-7-13-23/h3-21,29H,2,22H2,1H3. The summed E-state index contributed by atoms with van der Waals surface area (Å²) in [6.07, 6.45) is 1.67. The normalized spacial score (nSPS) is 14.7. The lowest BCUT2D eigenvalue weighted by molar-refractivity contribution is 0.0735. The molecule has 0 bridgehead atoms. The molecule has 4 aromatic carbocycles. The molecule has 1 atom stereocenters. The van der Waals surface area contributed by atoms with Crippen LogP contribution in [0, 0.1) is 0 Å². The van der Waals surface area contributed by atoms with Crippen LogP contribution in [0.5, 0.6) is 5.75 Å². The molecule has 0 aliphatic carbocycles. The highest BCUT2D eigenvalue weighted by Gasteiger charge is 2.32. The molecule has 5 nitrogen and oxygen atoms in total. The number of thiazole rings is 1. The van der Waals surface area contributed by atoms with Crippen molar-refractivity contribution in [2.45, 2.75) is 25.8 Å². The molecule has 0 saturated carbocycles. The molecule has 0 spiro atoms. The first kappa shape index (κ1) is 24.8. The van der Waals surface area contributed by atoms with Crippen molar-refractivity contribution in [1.29, 1.82) is 0 Å². The largest absolute Gasteiger partial charge is 0.423 e. The van der Waals surface area contributed by atoms with Crippen molar-refractivity contribution in [2.75, 3.05) is 5.01 Å². The number of esters is 1. The van der Waals surface area contributed by atoms with Crippen molar-refractivity contribution in [2.24, 2.45) is 5.10 Å². The Morgan fingerprint density at radius 2 is 1.49 bits per heavy atom. The molecule has 6 rings (SSSR count). The van der Waals surface area contributed by atoms with Crippen LogP contribution in [0.25, 0.3) is 11.3 Å². The summed E-state index contributed by atoms with van der Waals surface area (Å²) < 4.78 is 5.57. The Morgan fingerprint density at radius 3 is 2.15 bits per heavy atom. The van der Waals surface area contributed by atoms with E-state index in [2.05, 4.69) is 60.5 Å². The molecule has 0 saturated heterocycles. The number of benzene rings is 4. The lowest BCUT2D eigenvalue weighted by Gasteiger charge is -2.21. The molecule has 0 N–H and O–H groups in total. The summed E-state index contributed by atoms with van der Waals surface area (Å²) in [5.41, 5.74) is 5.85. The zero-order valence-electron chi connectivity index (χ0n) is 21.5. The number of carbonyl (C=O) groups is 1. The van der Waals surface area contributed by atoms with Crippen LogP contribution in [-0.2, 0) is 6.42 Å². The third kappa shape index (κ3) is 5.24. The van der Waals surface area contributed by atoms with E-state index in [4.69, 9.17) is 14.8 Å². The van der Waals surface area contributed by atoms with Gasteiger partial charge in [0.2, 0.25) is 5.13 Å². The predicted molar refractivity (Wildman–Crippen MR) is 158 cm³/mol. The summed E-state index contributed by atoms with van der Waals surface area (Å²) in [7, 11) is 0. The number of anilines is 1. The number of hydrazone groups is 1. The van der Waals surface area contributed by atoms with Crippen molar-refractivity contribution in [3.05, 3.63) is 137 Å². The summed E-state index contributed by atoms with van der Waals surface area (Å²) in [5.74, 6) is 0.128. The molecule has 1 aliphatic rings. The van der Waals surface area contributed by atoms with Gasteiger partial charge in [-0.05, 0) is 53.9 Å². The van der Waals surface area contributed by atoms with Crippen molar-refractivity contribution < 1.29 is 9.53 Å². The van der Waals surface area contributed by atoms with Crippen LogP contribution in [-0.4, -0.2) is 16.7 Å². The number of hydrogen-bond acceptors (Lipinski definition) is 6. The molecule has 0 amide bonds. The Labute approximate surface area is 232 Å². The van der Waals surface area contributed by atoms with Gasteiger partial charge in [0.05, 0.1) is 23.0 Å². The minimum atomic E-state index is -0.374. The van der Waals surface area contributed by atoms with E-state index < -0.39 is 0 Å². The zero-order valence-corrected chi connectivity index (χ0v) is 22.3. The monoisotopic (exact) mass is 529 g/mol. The Morgan fingerprint density at radius 1 is 0.846 bits per heavy atom. The number of ether oxygens (including phenoxy) is 1. The highest BCUT2D eigenvalue weighted by atomic mass is 32.1. The molecule has 1 aliphatic heterocycles. The second-order valence-electron chi connectivity index (χ2n) is 9.29. The van der Waals surface area contributed by atoms with Crippen molar-refractivity contribution in [3.63, 3.8) is 0 Å². The summed E-state index contributed by atoms with van der Waals surface area (Å²) in [6.45, 7) is 2.15. The fourth-order valence-corrected chi connectivity index (χ4v) is 5.77. The lowest BCUT2D eigenvalue weighted by Crippen LogP contribution is -2.18. The average Bonchev–Trinajstić information content (AvgIpc) is 3.64. The van der Waals surface area contributed by atoms with Gasteiger partial charge in [0.15, 0.2) is 0 Å². The summed E-state index contributed by atoms with van der Waals surface area (Å²) >= 11 is 1.68. The quantitative estimate of drug-likeness (QED) is 0.159. The third-order valence-electron chi connectivity index (χ3n) is 6.75. The van der Waals surface area contributed by atoms with Gasteiger partial charge < -0.3 is 4.74 Å². The molecule has 1 unspecified atom stereocenters. The SMILES string of the molecule is CCc1sc(N2N=C(c3ccccc3)CC2c2ccccc2)nc1-c1ccc(OC(=O)c2ccccc2)cc1. The van der Waals surface area contributed by atoms with Gasteiger partial charge in [-0.2, -0.15) is 5.10 Å². The van der Waals surface area contributed by atoms with Crippen LogP contribution in [0.15, 0.2) is 120 Å². The average molecular weight is 530 g/mol. The summed E-state index contributed by atoms with van der Waals surface area (Å²) in [6, 6.07) is 37.5. The van der Waals surface area contributed by atoms with Gasteiger partial charge in [-0.25, -0.2) is 14.8 Å². The minimum Gasteiger partial charge on any atom is -0.423 e. The van der Waals surface area contributed by atoms with Crippen LogP contribution in [0.3, 0.4) is 0 Å². The first-order valence-electron chi connectivity index (χ1n) is 13.0. The van der Waals surface area contributed by atoms with Crippen molar-refractivity contribution in [3.8, 4) is 17.0 Å². The van der Waals surface area contributed by atoms with E-state index in [-0.39, 0.29) is 12.0 Å². The number of carbonyl (C=O) groups excluding carboxylic acids is 1. The van der Waals surface area contributed by atoms with Gasteiger partial charge in [0.25, 0.3) is 0 Å². The van der Waals surface area contributed by atoms with Gasteiger partial charge in [-0.1, -0.05) is 97.1 Å². The Hall–Kier alpha value is -4.55.